The third kappa shape index (κ3) is 2.32. The van der Waals surface area contributed by atoms with E-state index in [2.05, 4.69) is 15.2 Å². The van der Waals surface area contributed by atoms with Gasteiger partial charge in [0.2, 0.25) is 0 Å². The molecule has 0 saturated heterocycles. The summed E-state index contributed by atoms with van der Waals surface area (Å²) in [5.74, 6) is -0.365. The fraction of sp³-hybridized carbons (Fsp3) is 0.400. The Morgan fingerprint density at radius 1 is 1.47 bits per heavy atom. The number of hydrogen-bond donors (Lipinski definition) is 0. The number of aryl methyl sites for hydroxylation is 1. The summed E-state index contributed by atoms with van der Waals surface area (Å²) in [6.07, 6.45) is 4.53. The second-order valence-corrected chi connectivity index (χ2v) is 3.44. The van der Waals surface area contributed by atoms with Crippen LogP contribution in [0.2, 0.25) is 0 Å². The van der Waals surface area contributed by atoms with Gasteiger partial charge in [0, 0.05) is 7.05 Å². The van der Waals surface area contributed by atoms with Gasteiger partial charge in [-0.1, -0.05) is 0 Å². The quantitative estimate of drug-likeness (QED) is 0.709. The number of rotatable bonds is 4. The van der Waals surface area contributed by atoms with Gasteiger partial charge in [-0.05, 0) is 6.92 Å². The Labute approximate surface area is 98.0 Å². The molecule has 0 atom stereocenters. The van der Waals surface area contributed by atoms with E-state index in [1.807, 2.05) is 0 Å². The monoisotopic (exact) mass is 235 g/mol. The van der Waals surface area contributed by atoms with Crippen LogP contribution in [0.4, 0.5) is 0 Å². The Morgan fingerprint density at radius 3 is 2.94 bits per heavy atom. The lowest BCUT2D eigenvalue weighted by molar-refractivity contribution is 0.0524. The molecule has 0 saturated carbocycles. The zero-order valence-electron chi connectivity index (χ0n) is 9.70. The molecule has 0 N–H and O–H groups in total. The third-order valence-corrected chi connectivity index (χ3v) is 2.34. The molecule has 2 aromatic heterocycles. The molecule has 0 spiro atoms. The Morgan fingerprint density at radius 2 is 2.29 bits per heavy atom. The molecule has 7 nitrogen and oxygen atoms in total. The van der Waals surface area contributed by atoms with E-state index in [1.54, 1.807) is 29.7 Å². The van der Waals surface area contributed by atoms with Crippen molar-refractivity contribution in [3.63, 3.8) is 0 Å². The standard InChI is InChI=1S/C10H13N5O2/c1-3-17-10(16)8-4-12-14(2)9(8)5-15-7-11-6-13-15/h4,6-7H,3,5H2,1-2H3. The van der Waals surface area contributed by atoms with E-state index in [0.717, 1.165) is 5.69 Å². The maximum absolute atomic E-state index is 11.7. The summed E-state index contributed by atoms with van der Waals surface area (Å²) in [6.45, 7) is 2.55. The first kappa shape index (κ1) is 11.3. The van der Waals surface area contributed by atoms with Gasteiger partial charge in [0.25, 0.3) is 0 Å². The van der Waals surface area contributed by atoms with Crippen LogP contribution in [0.25, 0.3) is 0 Å². The summed E-state index contributed by atoms with van der Waals surface area (Å²) in [5, 5.41) is 8.05. The molecule has 0 unspecified atom stereocenters. The van der Waals surface area contributed by atoms with Gasteiger partial charge in [0.1, 0.15) is 18.2 Å². The van der Waals surface area contributed by atoms with Crippen molar-refractivity contribution in [2.24, 2.45) is 7.05 Å². The molecule has 0 fully saturated rings. The Balaban J connectivity index is 2.26. The van der Waals surface area contributed by atoms with Crippen molar-refractivity contribution in [3.8, 4) is 0 Å². The van der Waals surface area contributed by atoms with Crippen LogP contribution in [0.5, 0.6) is 0 Å². The van der Waals surface area contributed by atoms with Crippen molar-refractivity contribution in [3.05, 3.63) is 30.1 Å². The highest BCUT2D eigenvalue weighted by molar-refractivity contribution is 5.90. The molecule has 0 aliphatic rings. The van der Waals surface area contributed by atoms with Crippen LogP contribution in [-0.2, 0) is 18.3 Å². The molecule has 0 radical (unpaired) electrons. The molecule has 90 valence electrons. The first-order chi connectivity index (χ1) is 8.22. The minimum atomic E-state index is -0.365. The summed E-state index contributed by atoms with van der Waals surface area (Å²) in [7, 11) is 1.77. The summed E-state index contributed by atoms with van der Waals surface area (Å²) in [4.78, 5) is 15.5. The van der Waals surface area contributed by atoms with Gasteiger partial charge in [0.05, 0.1) is 25.0 Å². The Hall–Kier alpha value is -2.18. The average Bonchev–Trinajstić information content (AvgIpc) is 2.91. The van der Waals surface area contributed by atoms with Crippen molar-refractivity contribution >= 4 is 5.97 Å². The maximum Gasteiger partial charge on any atom is 0.341 e. The lowest BCUT2D eigenvalue weighted by atomic mass is 10.2. The van der Waals surface area contributed by atoms with Crippen molar-refractivity contribution in [2.75, 3.05) is 6.61 Å². The summed E-state index contributed by atoms with van der Waals surface area (Å²) < 4.78 is 8.22. The van der Waals surface area contributed by atoms with Crippen LogP contribution in [0.1, 0.15) is 23.0 Å². The molecule has 0 aliphatic heterocycles. The fourth-order valence-corrected chi connectivity index (χ4v) is 1.50. The molecule has 2 rings (SSSR count). The van der Waals surface area contributed by atoms with Crippen LogP contribution < -0.4 is 0 Å². The Bertz CT molecular complexity index is 503. The minimum absolute atomic E-state index is 0.344. The lowest BCUT2D eigenvalue weighted by Gasteiger charge is -2.05. The topological polar surface area (TPSA) is 74.8 Å². The van der Waals surface area contributed by atoms with Gasteiger partial charge in [-0.3, -0.25) is 4.68 Å². The zero-order chi connectivity index (χ0) is 12.3. The largest absolute Gasteiger partial charge is 0.462 e. The lowest BCUT2D eigenvalue weighted by Crippen LogP contribution is -2.12. The molecule has 17 heavy (non-hydrogen) atoms. The summed E-state index contributed by atoms with van der Waals surface area (Å²) in [5.41, 5.74) is 1.21. The molecular weight excluding hydrogens is 222 g/mol. The zero-order valence-corrected chi connectivity index (χ0v) is 9.70. The van der Waals surface area contributed by atoms with Gasteiger partial charge >= 0.3 is 5.97 Å². The SMILES string of the molecule is CCOC(=O)c1cnn(C)c1Cn1cncn1. The molecule has 2 aromatic rings. The number of aromatic nitrogens is 5. The second-order valence-electron chi connectivity index (χ2n) is 3.44. The average molecular weight is 235 g/mol. The summed E-state index contributed by atoms with van der Waals surface area (Å²) in [6, 6.07) is 0. The molecule has 0 bridgehead atoms. The molecule has 7 heteroatoms. The van der Waals surface area contributed by atoms with Crippen LogP contribution >= 0.6 is 0 Å². The van der Waals surface area contributed by atoms with Gasteiger partial charge in [-0.25, -0.2) is 14.5 Å². The highest BCUT2D eigenvalue weighted by Crippen LogP contribution is 2.10. The number of hydrogen-bond acceptors (Lipinski definition) is 5. The maximum atomic E-state index is 11.7. The first-order valence-corrected chi connectivity index (χ1v) is 5.22. The third-order valence-electron chi connectivity index (χ3n) is 2.34. The molecule has 0 aromatic carbocycles. The normalized spacial score (nSPS) is 10.5. The molecular formula is C10H13N5O2. The highest BCUT2D eigenvalue weighted by Gasteiger charge is 2.17. The van der Waals surface area contributed by atoms with E-state index in [9.17, 15) is 4.79 Å². The molecule has 0 aliphatic carbocycles. The van der Waals surface area contributed by atoms with E-state index < -0.39 is 0 Å². The molecule has 0 amide bonds. The van der Waals surface area contributed by atoms with Gasteiger partial charge in [-0.2, -0.15) is 10.2 Å². The smallest absolute Gasteiger partial charge is 0.341 e. The van der Waals surface area contributed by atoms with Crippen molar-refractivity contribution in [1.29, 1.82) is 0 Å². The van der Waals surface area contributed by atoms with Crippen LogP contribution in [0.15, 0.2) is 18.9 Å². The van der Waals surface area contributed by atoms with Crippen molar-refractivity contribution < 1.29 is 9.53 Å². The van der Waals surface area contributed by atoms with E-state index >= 15 is 0 Å². The number of carbonyl (C=O) groups excluding carboxylic acids is 1. The van der Waals surface area contributed by atoms with E-state index in [-0.39, 0.29) is 5.97 Å². The van der Waals surface area contributed by atoms with Crippen LogP contribution in [0, 0.1) is 0 Å². The number of esters is 1. The van der Waals surface area contributed by atoms with Gasteiger partial charge in [-0.15, -0.1) is 0 Å². The molecule has 2 heterocycles. The highest BCUT2D eigenvalue weighted by atomic mass is 16.5. The van der Waals surface area contributed by atoms with Crippen LogP contribution in [0.3, 0.4) is 0 Å². The van der Waals surface area contributed by atoms with E-state index in [1.165, 1.54) is 12.5 Å². The number of ether oxygens (including phenoxy) is 1. The number of nitrogens with zero attached hydrogens (tertiary/aromatic N) is 5. The van der Waals surface area contributed by atoms with E-state index in [4.69, 9.17) is 4.74 Å². The predicted molar refractivity (Wildman–Crippen MR) is 58.3 cm³/mol. The minimum Gasteiger partial charge on any atom is -0.462 e. The number of carbonyl (C=O) groups is 1. The predicted octanol–water partition coefficient (Wildman–Crippen LogP) is 0.237. The van der Waals surface area contributed by atoms with Crippen molar-refractivity contribution in [2.45, 2.75) is 13.5 Å². The van der Waals surface area contributed by atoms with Crippen LogP contribution in [-0.4, -0.2) is 37.1 Å². The Kier molecular flexibility index (Phi) is 3.17. The van der Waals surface area contributed by atoms with Gasteiger partial charge in [0.15, 0.2) is 0 Å². The van der Waals surface area contributed by atoms with Crippen molar-refractivity contribution in [1.82, 2.24) is 24.5 Å². The second kappa shape index (κ2) is 4.77. The first-order valence-electron chi connectivity index (χ1n) is 5.22. The fourth-order valence-electron chi connectivity index (χ4n) is 1.50. The summed E-state index contributed by atoms with van der Waals surface area (Å²) >= 11 is 0. The van der Waals surface area contributed by atoms with Gasteiger partial charge < -0.3 is 4.74 Å². The van der Waals surface area contributed by atoms with E-state index in [0.29, 0.717) is 18.7 Å².